The Morgan fingerprint density at radius 3 is 2.24 bits per heavy atom. The molecule has 1 fully saturated rings. The molecule has 0 bridgehead atoms. The Bertz CT molecular complexity index is 438. The lowest BCUT2D eigenvalue weighted by Gasteiger charge is -2.33. The molecular formula is C16H22F3NO. The predicted octanol–water partition coefficient (Wildman–Crippen LogP) is 3.83. The number of rotatable bonds is 5. The van der Waals surface area contributed by atoms with Gasteiger partial charge in [0.05, 0.1) is 12.2 Å². The van der Waals surface area contributed by atoms with Crippen LogP contribution >= 0.6 is 0 Å². The van der Waals surface area contributed by atoms with Crippen molar-refractivity contribution < 1.29 is 18.3 Å². The van der Waals surface area contributed by atoms with Crippen LogP contribution in [0.5, 0.6) is 0 Å². The molecule has 0 aliphatic heterocycles. The molecule has 2 nitrogen and oxygen atoms in total. The Hall–Kier alpha value is -1.07. The first kappa shape index (κ1) is 16.3. The van der Waals surface area contributed by atoms with E-state index in [1.165, 1.54) is 25.0 Å². The lowest BCUT2D eigenvalue weighted by atomic mass is 10.1. The van der Waals surface area contributed by atoms with Gasteiger partial charge < -0.3 is 5.11 Å². The molecule has 0 aromatic heterocycles. The second-order valence-electron chi connectivity index (χ2n) is 5.84. The maximum atomic E-state index is 12.6. The largest absolute Gasteiger partial charge is 0.416 e. The highest BCUT2D eigenvalue weighted by atomic mass is 19.4. The molecular weight excluding hydrogens is 279 g/mol. The zero-order valence-corrected chi connectivity index (χ0v) is 12.2. The Labute approximate surface area is 123 Å². The van der Waals surface area contributed by atoms with Crippen molar-refractivity contribution in [2.24, 2.45) is 0 Å². The molecule has 0 heterocycles. The number of hydrogen-bond donors (Lipinski definition) is 1. The summed E-state index contributed by atoms with van der Waals surface area (Å²) < 4.78 is 37.7. The molecule has 0 unspecified atom stereocenters. The quantitative estimate of drug-likeness (QED) is 0.893. The summed E-state index contributed by atoms with van der Waals surface area (Å²) in [6.07, 6.45) is 0.288. The van der Waals surface area contributed by atoms with E-state index in [0.29, 0.717) is 12.6 Å². The number of nitrogens with zero attached hydrogens (tertiary/aromatic N) is 1. The van der Waals surface area contributed by atoms with Gasteiger partial charge in [0.15, 0.2) is 0 Å². The first-order chi connectivity index (χ1) is 9.91. The summed E-state index contributed by atoms with van der Waals surface area (Å²) in [6.45, 7) is 2.62. The van der Waals surface area contributed by atoms with Gasteiger partial charge in [-0.1, -0.05) is 25.0 Å². The van der Waals surface area contributed by atoms with E-state index in [9.17, 15) is 18.3 Å². The fraction of sp³-hybridized carbons (Fsp3) is 0.625. The molecule has 1 N–H and O–H groups in total. The monoisotopic (exact) mass is 301 g/mol. The van der Waals surface area contributed by atoms with Crippen LogP contribution in [0.4, 0.5) is 13.2 Å². The third kappa shape index (κ3) is 4.20. The van der Waals surface area contributed by atoms with E-state index in [1.54, 1.807) is 0 Å². The van der Waals surface area contributed by atoms with Crippen LogP contribution < -0.4 is 0 Å². The van der Waals surface area contributed by atoms with E-state index in [1.807, 2.05) is 6.92 Å². The van der Waals surface area contributed by atoms with Crippen LogP contribution in [-0.2, 0) is 12.7 Å². The Balaban J connectivity index is 2.09. The molecule has 1 aromatic carbocycles. The van der Waals surface area contributed by atoms with Gasteiger partial charge in [-0.3, -0.25) is 4.90 Å². The van der Waals surface area contributed by atoms with E-state index in [0.717, 1.165) is 30.5 Å². The van der Waals surface area contributed by atoms with Crippen molar-refractivity contribution in [3.8, 4) is 0 Å². The van der Waals surface area contributed by atoms with Crippen LogP contribution in [0.3, 0.4) is 0 Å². The summed E-state index contributed by atoms with van der Waals surface area (Å²) in [5.41, 5.74) is 0.240. The Morgan fingerprint density at radius 2 is 1.76 bits per heavy atom. The number of benzene rings is 1. The van der Waals surface area contributed by atoms with Crippen molar-refractivity contribution in [3.05, 3.63) is 35.4 Å². The number of aliphatic hydroxyl groups is 1. The zero-order chi connectivity index (χ0) is 15.5. The molecule has 21 heavy (non-hydrogen) atoms. The highest BCUT2D eigenvalue weighted by Gasteiger charge is 2.30. The van der Waals surface area contributed by atoms with Crippen LogP contribution in [0.1, 0.15) is 43.7 Å². The van der Waals surface area contributed by atoms with Gasteiger partial charge in [0.2, 0.25) is 0 Å². The second kappa shape index (κ2) is 6.79. The van der Waals surface area contributed by atoms with E-state index >= 15 is 0 Å². The number of aliphatic hydroxyl groups excluding tert-OH is 1. The van der Waals surface area contributed by atoms with Crippen molar-refractivity contribution in [3.63, 3.8) is 0 Å². The first-order valence-corrected chi connectivity index (χ1v) is 7.44. The predicted molar refractivity (Wildman–Crippen MR) is 75.8 cm³/mol. The van der Waals surface area contributed by atoms with Gasteiger partial charge in [-0.05, 0) is 37.5 Å². The molecule has 0 amide bonds. The summed E-state index contributed by atoms with van der Waals surface area (Å²) in [5.74, 6) is 0. The third-order valence-corrected chi connectivity index (χ3v) is 4.27. The highest BCUT2D eigenvalue weighted by molar-refractivity contribution is 5.24. The normalized spacial score (nSPS) is 18.4. The smallest absolute Gasteiger partial charge is 0.395 e. The van der Waals surface area contributed by atoms with Gasteiger partial charge >= 0.3 is 6.18 Å². The SMILES string of the molecule is C[C@H](CO)N(Cc1ccc(C(F)(F)F)cc1)C1CCCC1. The molecule has 1 saturated carbocycles. The minimum Gasteiger partial charge on any atom is -0.395 e. The lowest BCUT2D eigenvalue weighted by Crippen LogP contribution is -2.41. The molecule has 1 atom stereocenters. The summed E-state index contributed by atoms with van der Waals surface area (Å²) in [5, 5.41) is 9.40. The average Bonchev–Trinajstić information content (AvgIpc) is 2.97. The molecule has 0 spiro atoms. The standard InChI is InChI=1S/C16H22F3NO/c1-12(11-21)20(15-4-2-3-5-15)10-13-6-8-14(9-7-13)16(17,18)19/h6-9,12,15,21H,2-5,10-11H2,1H3/t12-/m1/s1. The van der Waals surface area contributed by atoms with Crippen LogP contribution in [0.25, 0.3) is 0 Å². The van der Waals surface area contributed by atoms with Crippen molar-refractivity contribution >= 4 is 0 Å². The van der Waals surface area contributed by atoms with E-state index in [-0.39, 0.29) is 12.6 Å². The van der Waals surface area contributed by atoms with E-state index < -0.39 is 11.7 Å². The average molecular weight is 301 g/mol. The fourth-order valence-corrected chi connectivity index (χ4v) is 3.00. The zero-order valence-electron chi connectivity index (χ0n) is 12.2. The van der Waals surface area contributed by atoms with Gasteiger partial charge in [0.1, 0.15) is 0 Å². The van der Waals surface area contributed by atoms with Crippen molar-refractivity contribution in [2.75, 3.05) is 6.61 Å². The minimum absolute atomic E-state index is 0.0235. The molecule has 118 valence electrons. The maximum absolute atomic E-state index is 12.6. The first-order valence-electron chi connectivity index (χ1n) is 7.44. The molecule has 0 saturated heterocycles. The number of alkyl halides is 3. The molecule has 5 heteroatoms. The summed E-state index contributed by atoms with van der Waals surface area (Å²) in [6, 6.07) is 5.78. The Kier molecular flexibility index (Phi) is 5.27. The summed E-state index contributed by atoms with van der Waals surface area (Å²) in [7, 11) is 0. The summed E-state index contributed by atoms with van der Waals surface area (Å²) >= 11 is 0. The minimum atomic E-state index is -4.29. The second-order valence-corrected chi connectivity index (χ2v) is 5.84. The van der Waals surface area contributed by atoms with Gasteiger partial charge in [-0.15, -0.1) is 0 Å². The van der Waals surface area contributed by atoms with E-state index in [2.05, 4.69) is 4.90 Å². The lowest BCUT2D eigenvalue weighted by molar-refractivity contribution is -0.137. The number of hydrogen-bond acceptors (Lipinski definition) is 2. The van der Waals surface area contributed by atoms with Gasteiger partial charge in [-0.25, -0.2) is 0 Å². The van der Waals surface area contributed by atoms with Crippen molar-refractivity contribution in [1.29, 1.82) is 0 Å². The fourth-order valence-electron chi connectivity index (χ4n) is 3.00. The van der Waals surface area contributed by atoms with Gasteiger partial charge in [-0.2, -0.15) is 13.2 Å². The number of halogens is 3. The topological polar surface area (TPSA) is 23.5 Å². The van der Waals surface area contributed by atoms with Gasteiger partial charge in [0.25, 0.3) is 0 Å². The van der Waals surface area contributed by atoms with E-state index in [4.69, 9.17) is 0 Å². The molecule has 1 aliphatic rings. The maximum Gasteiger partial charge on any atom is 0.416 e. The van der Waals surface area contributed by atoms with Crippen LogP contribution in [0, 0.1) is 0 Å². The molecule has 1 aromatic rings. The highest BCUT2D eigenvalue weighted by Crippen LogP contribution is 2.30. The summed E-state index contributed by atoms with van der Waals surface area (Å²) in [4.78, 5) is 2.22. The molecule has 2 rings (SSSR count). The van der Waals surface area contributed by atoms with Gasteiger partial charge in [0, 0.05) is 18.6 Å². The molecule has 1 aliphatic carbocycles. The van der Waals surface area contributed by atoms with Crippen LogP contribution in [-0.4, -0.2) is 28.7 Å². The van der Waals surface area contributed by atoms with Crippen molar-refractivity contribution in [2.45, 2.75) is 57.4 Å². The van der Waals surface area contributed by atoms with Crippen LogP contribution in [0.15, 0.2) is 24.3 Å². The Morgan fingerprint density at radius 1 is 1.19 bits per heavy atom. The molecule has 0 radical (unpaired) electrons. The van der Waals surface area contributed by atoms with Crippen LogP contribution in [0.2, 0.25) is 0 Å². The third-order valence-electron chi connectivity index (χ3n) is 4.27. The van der Waals surface area contributed by atoms with Crippen molar-refractivity contribution in [1.82, 2.24) is 4.90 Å².